The van der Waals surface area contributed by atoms with E-state index in [9.17, 15) is 10.2 Å². The van der Waals surface area contributed by atoms with E-state index in [1.54, 1.807) is 18.2 Å². The molecule has 3 aromatic carbocycles. The van der Waals surface area contributed by atoms with E-state index in [0.717, 1.165) is 16.7 Å². The van der Waals surface area contributed by atoms with Gasteiger partial charge in [0.1, 0.15) is 11.5 Å². The lowest BCUT2D eigenvalue weighted by Gasteiger charge is -2.20. The highest BCUT2D eigenvalue weighted by atomic mass is 16.3. The Bertz CT molecular complexity index is 908. The maximum absolute atomic E-state index is 9.89. The molecule has 0 saturated carbocycles. The normalized spacial score (nSPS) is 12.3. The van der Waals surface area contributed by atoms with Crippen LogP contribution in [0.4, 0.5) is 0 Å². The predicted molar refractivity (Wildman–Crippen MR) is 108 cm³/mol. The Morgan fingerprint density at radius 2 is 1.38 bits per heavy atom. The van der Waals surface area contributed by atoms with Gasteiger partial charge in [-0.2, -0.15) is 0 Å². The molecule has 0 radical (unpaired) electrons. The van der Waals surface area contributed by atoms with Crippen LogP contribution in [0.2, 0.25) is 0 Å². The van der Waals surface area contributed by atoms with Crippen molar-refractivity contribution in [2.24, 2.45) is 0 Å². The van der Waals surface area contributed by atoms with Gasteiger partial charge in [-0.25, -0.2) is 0 Å². The van der Waals surface area contributed by atoms with Crippen LogP contribution in [0.5, 0.6) is 11.5 Å². The molecule has 0 fully saturated rings. The van der Waals surface area contributed by atoms with Crippen LogP contribution in [0, 0.1) is 6.92 Å². The van der Waals surface area contributed by atoms with Crippen molar-refractivity contribution in [1.82, 2.24) is 0 Å². The van der Waals surface area contributed by atoms with Crippen LogP contribution in [-0.2, 0) is 0 Å². The molecule has 0 amide bonds. The number of rotatable bonds is 4. The van der Waals surface area contributed by atoms with Crippen LogP contribution in [0.3, 0.4) is 0 Å². The Hall–Kier alpha value is -2.74. The fraction of sp³-hybridized carbons (Fsp3) is 0.250. The van der Waals surface area contributed by atoms with Crippen LogP contribution in [-0.4, -0.2) is 10.2 Å². The van der Waals surface area contributed by atoms with E-state index >= 15 is 0 Å². The van der Waals surface area contributed by atoms with Crippen LogP contribution >= 0.6 is 0 Å². The van der Waals surface area contributed by atoms with Gasteiger partial charge >= 0.3 is 0 Å². The molecule has 3 aromatic rings. The average molecular weight is 346 g/mol. The van der Waals surface area contributed by atoms with Crippen molar-refractivity contribution in [3.63, 3.8) is 0 Å². The molecular weight excluding hydrogens is 320 g/mol. The van der Waals surface area contributed by atoms with Gasteiger partial charge < -0.3 is 10.2 Å². The molecular formula is C24H26O2. The molecule has 0 heterocycles. The summed E-state index contributed by atoms with van der Waals surface area (Å²) in [4.78, 5) is 0. The van der Waals surface area contributed by atoms with Crippen molar-refractivity contribution in [2.75, 3.05) is 0 Å². The van der Waals surface area contributed by atoms with E-state index < -0.39 is 0 Å². The molecule has 26 heavy (non-hydrogen) atoms. The van der Waals surface area contributed by atoms with E-state index in [1.807, 2.05) is 31.2 Å². The van der Waals surface area contributed by atoms with Crippen LogP contribution < -0.4 is 0 Å². The van der Waals surface area contributed by atoms with Gasteiger partial charge in [0.15, 0.2) is 0 Å². The first-order chi connectivity index (χ1) is 12.4. The van der Waals surface area contributed by atoms with Crippen molar-refractivity contribution in [2.45, 2.75) is 39.5 Å². The summed E-state index contributed by atoms with van der Waals surface area (Å²) < 4.78 is 0. The standard InChI is InChI=1S/C24H26O2/c1-15(2)19-7-11-22(17(4)18-5-9-21(25)10-6-18)23(14-19)20-8-12-24(26)16(3)13-20/h5-15,17,25-26H,1-4H3. The minimum Gasteiger partial charge on any atom is -0.508 e. The van der Waals surface area contributed by atoms with Gasteiger partial charge in [0.05, 0.1) is 0 Å². The first-order valence-corrected chi connectivity index (χ1v) is 9.09. The highest BCUT2D eigenvalue weighted by Gasteiger charge is 2.16. The maximum Gasteiger partial charge on any atom is 0.118 e. The topological polar surface area (TPSA) is 40.5 Å². The third-order valence-electron chi connectivity index (χ3n) is 5.11. The Morgan fingerprint density at radius 1 is 0.731 bits per heavy atom. The summed E-state index contributed by atoms with van der Waals surface area (Å²) in [5.41, 5.74) is 6.89. The maximum atomic E-state index is 9.89. The van der Waals surface area contributed by atoms with Gasteiger partial charge in [0, 0.05) is 5.92 Å². The quantitative estimate of drug-likeness (QED) is 0.578. The average Bonchev–Trinajstić information content (AvgIpc) is 2.63. The summed E-state index contributed by atoms with van der Waals surface area (Å²) in [7, 11) is 0. The molecule has 1 unspecified atom stereocenters. The minimum atomic E-state index is 0.195. The summed E-state index contributed by atoms with van der Waals surface area (Å²) in [6.07, 6.45) is 0. The second-order valence-electron chi connectivity index (χ2n) is 7.32. The van der Waals surface area contributed by atoms with Crippen molar-refractivity contribution in [3.05, 3.63) is 82.9 Å². The summed E-state index contributed by atoms with van der Waals surface area (Å²) in [5, 5.41) is 19.5. The zero-order valence-electron chi connectivity index (χ0n) is 15.8. The SMILES string of the molecule is Cc1cc(-c2cc(C(C)C)ccc2C(C)c2ccc(O)cc2)ccc1O. The van der Waals surface area contributed by atoms with Crippen molar-refractivity contribution in [1.29, 1.82) is 0 Å². The smallest absolute Gasteiger partial charge is 0.118 e. The third-order valence-corrected chi connectivity index (χ3v) is 5.11. The zero-order valence-corrected chi connectivity index (χ0v) is 15.8. The molecule has 2 heteroatoms. The molecule has 0 saturated heterocycles. The van der Waals surface area contributed by atoms with E-state index in [2.05, 4.69) is 39.0 Å². The van der Waals surface area contributed by atoms with Gasteiger partial charge in [0.25, 0.3) is 0 Å². The summed E-state index contributed by atoms with van der Waals surface area (Å²) in [5.74, 6) is 1.25. The molecule has 0 aliphatic heterocycles. The fourth-order valence-corrected chi connectivity index (χ4v) is 3.33. The second kappa shape index (κ2) is 7.25. The van der Waals surface area contributed by atoms with Gasteiger partial charge in [-0.05, 0) is 70.5 Å². The molecule has 0 aliphatic rings. The number of phenols is 2. The summed E-state index contributed by atoms with van der Waals surface area (Å²) in [6.45, 7) is 8.51. The Kier molecular flexibility index (Phi) is 5.03. The van der Waals surface area contributed by atoms with E-state index in [1.165, 1.54) is 16.7 Å². The molecule has 2 N–H and O–H groups in total. The monoisotopic (exact) mass is 346 g/mol. The Labute approximate surface area is 155 Å². The lowest BCUT2D eigenvalue weighted by molar-refractivity contribution is 0.471. The molecule has 1 atom stereocenters. The van der Waals surface area contributed by atoms with Crippen molar-refractivity contribution >= 4 is 0 Å². The summed E-state index contributed by atoms with van der Waals surface area (Å²) in [6, 6.07) is 19.9. The number of benzene rings is 3. The van der Waals surface area contributed by atoms with Crippen LogP contribution in [0.1, 0.15) is 54.9 Å². The number of aromatic hydroxyl groups is 2. The number of hydrogen-bond acceptors (Lipinski definition) is 2. The Balaban J connectivity index is 2.14. The van der Waals surface area contributed by atoms with Gasteiger partial charge in [-0.1, -0.05) is 57.2 Å². The first kappa shape index (κ1) is 18.1. The predicted octanol–water partition coefficient (Wildman–Crippen LogP) is 6.35. The van der Waals surface area contributed by atoms with Gasteiger partial charge in [-0.3, -0.25) is 0 Å². The lowest BCUT2D eigenvalue weighted by atomic mass is 9.84. The number of aryl methyl sites for hydroxylation is 1. The lowest BCUT2D eigenvalue weighted by Crippen LogP contribution is -2.01. The highest BCUT2D eigenvalue weighted by Crippen LogP contribution is 2.37. The molecule has 2 nitrogen and oxygen atoms in total. The third kappa shape index (κ3) is 3.60. The van der Waals surface area contributed by atoms with Crippen molar-refractivity contribution < 1.29 is 10.2 Å². The number of phenolic OH excluding ortho intramolecular Hbond substituents is 2. The first-order valence-electron chi connectivity index (χ1n) is 9.09. The molecule has 0 bridgehead atoms. The van der Waals surface area contributed by atoms with Gasteiger partial charge in [-0.15, -0.1) is 0 Å². The van der Waals surface area contributed by atoms with Crippen molar-refractivity contribution in [3.8, 4) is 22.6 Å². The fourth-order valence-electron chi connectivity index (χ4n) is 3.33. The minimum absolute atomic E-state index is 0.195. The molecule has 134 valence electrons. The molecule has 3 rings (SSSR count). The largest absolute Gasteiger partial charge is 0.508 e. The molecule has 0 spiro atoms. The number of hydrogen-bond donors (Lipinski definition) is 2. The Morgan fingerprint density at radius 3 is 2.00 bits per heavy atom. The molecule has 0 aromatic heterocycles. The zero-order chi connectivity index (χ0) is 18.8. The van der Waals surface area contributed by atoms with Gasteiger partial charge in [0.2, 0.25) is 0 Å². The van der Waals surface area contributed by atoms with E-state index in [0.29, 0.717) is 11.7 Å². The highest BCUT2D eigenvalue weighted by molar-refractivity contribution is 5.71. The van der Waals surface area contributed by atoms with E-state index in [4.69, 9.17) is 0 Å². The van der Waals surface area contributed by atoms with Crippen LogP contribution in [0.15, 0.2) is 60.7 Å². The molecule has 0 aliphatic carbocycles. The van der Waals surface area contributed by atoms with E-state index in [-0.39, 0.29) is 11.7 Å². The summed E-state index contributed by atoms with van der Waals surface area (Å²) >= 11 is 0. The van der Waals surface area contributed by atoms with Crippen LogP contribution in [0.25, 0.3) is 11.1 Å². The second-order valence-corrected chi connectivity index (χ2v) is 7.32.